The van der Waals surface area contributed by atoms with Crippen LogP contribution < -0.4 is 5.32 Å². The van der Waals surface area contributed by atoms with Gasteiger partial charge in [0.1, 0.15) is 11.7 Å². The number of nitrogens with zero attached hydrogens (tertiary/aromatic N) is 1. The van der Waals surface area contributed by atoms with E-state index < -0.39 is 0 Å². The van der Waals surface area contributed by atoms with Crippen molar-refractivity contribution < 1.29 is 4.79 Å². The Morgan fingerprint density at radius 3 is 2.75 bits per heavy atom. The minimum Gasteiger partial charge on any atom is -0.318 e. The number of halogens is 1. The van der Waals surface area contributed by atoms with E-state index in [4.69, 9.17) is 11.6 Å². The van der Waals surface area contributed by atoms with E-state index in [2.05, 4.69) is 23.2 Å². The molecule has 1 aromatic carbocycles. The number of benzene rings is 1. The monoisotopic (exact) mass is 290 g/mol. The van der Waals surface area contributed by atoms with Crippen molar-refractivity contribution in [3.8, 4) is 0 Å². The van der Waals surface area contributed by atoms with E-state index in [1.54, 1.807) is 0 Å². The van der Waals surface area contributed by atoms with E-state index in [0.29, 0.717) is 17.9 Å². The van der Waals surface area contributed by atoms with Gasteiger partial charge in [-0.1, -0.05) is 23.7 Å². The number of rotatable bonds is 3. The van der Waals surface area contributed by atoms with Crippen molar-refractivity contribution in [2.24, 2.45) is 5.92 Å². The standard InChI is InChI=1S/C16H19ClN2O/c1-10(11-5-6-11)19-14(12-3-2-4-13(17)9-12)18-16(7-8-16)15(19)20/h2-4,9-11,14,18H,5-8H2,1H3. The molecule has 3 aliphatic rings. The number of hydrogen-bond donors (Lipinski definition) is 1. The molecule has 1 heterocycles. The normalized spacial score (nSPS) is 29.0. The highest BCUT2D eigenvalue weighted by atomic mass is 35.5. The molecule has 2 aliphatic carbocycles. The highest BCUT2D eigenvalue weighted by molar-refractivity contribution is 6.30. The number of nitrogens with one attached hydrogen (secondary N) is 1. The summed E-state index contributed by atoms with van der Waals surface area (Å²) in [6.45, 7) is 2.19. The van der Waals surface area contributed by atoms with E-state index in [1.165, 1.54) is 12.8 Å². The Balaban J connectivity index is 1.70. The Hall–Kier alpha value is -1.06. The van der Waals surface area contributed by atoms with Crippen LogP contribution in [0.25, 0.3) is 0 Å². The highest BCUT2D eigenvalue weighted by Gasteiger charge is 2.61. The summed E-state index contributed by atoms with van der Waals surface area (Å²) in [6.07, 6.45) is 4.42. The van der Waals surface area contributed by atoms with Crippen LogP contribution in [0.4, 0.5) is 0 Å². The van der Waals surface area contributed by atoms with Gasteiger partial charge >= 0.3 is 0 Å². The summed E-state index contributed by atoms with van der Waals surface area (Å²) in [5.41, 5.74) is 0.831. The number of hydrogen-bond acceptors (Lipinski definition) is 2. The quantitative estimate of drug-likeness (QED) is 0.928. The van der Waals surface area contributed by atoms with Crippen molar-refractivity contribution in [2.75, 3.05) is 0 Å². The van der Waals surface area contributed by atoms with Crippen molar-refractivity contribution in [3.63, 3.8) is 0 Å². The molecule has 3 nitrogen and oxygen atoms in total. The number of amides is 1. The van der Waals surface area contributed by atoms with Gasteiger partial charge in [-0.25, -0.2) is 0 Å². The Morgan fingerprint density at radius 1 is 1.40 bits per heavy atom. The third-order valence-electron chi connectivity index (χ3n) is 4.99. The van der Waals surface area contributed by atoms with Crippen molar-refractivity contribution in [3.05, 3.63) is 34.9 Å². The predicted octanol–water partition coefficient (Wildman–Crippen LogP) is 3.10. The minimum absolute atomic E-state index is 0.0145. The SMILES string of the molecule is CC(C1CC1)N1C(=O)C2(CC2)NC1c1cccc(Cl)c1. The molecule has 106 valence electrons. The second-order valence-corrected chi connectivity index (χ2v) is 6.91. The fourth-order valence-electron chi connectivity index (χ4n) is 3.39. The zero-order valence-electron chi connectivity index (χ0n) is 11.6. The van der Waals surface area contributed by atoms with Gasteiger partial charge in [0.15, 0.2) is 0 Å². The summed E-state index contributed by atoms with van der Waals surface area (Å²) in [5, 5.41) is 4.30. The molecule has 1 amide bonds. The molecule has 2 unspecified atom stereocenters. The lowest BCUT2D eigenvalue weighted by molar-refractivity contribution is -0.133. The Labute approximate surface area is 124 Å². The molecular weight excluding hydrogens is 272 g/mol. The summed E-state index contributed by atoms with van der Waals surface area (Å²) in [5.74, 6) is 0.971. The molecule has 1 N–H and O–H groups in total. The third-order valence-corrected chi connectivity index (χ3v) is 5.23. The van der Waals surface area contributed by atoms with Crippen LogP contribution in [-0.2, 0) is 4.79 Å². The molecule has 1 aromatic rings. The maximum Gasteiger partial charge on any atom is 0.244 e. The third kappa shape index (κ3) is 1.87. The molecule has 20 heavy (non-hydrogen) atoms. The number of carbonyl (C=O) groups is 1. The first kappa shape index (κ1) is 12.7. The van der Waals surface area contributed by atoms with Crippen LogP contribution in [0.3, 0.4) is 0 Å². The van der Waals surface area contributed by atoms with Crippen LogP contribution in [0.5, 0.6) is 0 Å². The van der Waals surface area contributed by atoms with Gasteiger partial charge in [0.25, 0.3) is 0 Å². The molecule has 1 saturated heterocycles. The van der Waals surface area contributed by atoms with Crippen LogP contribution in [0, 0.1) is 5.92 Å². The first-order valence-corrected chi connectivity index (χ1v) is 7.84. The highest BCUT2D eigenvalue weighted by Crippen LogP contribution is 2.49. The van der Waals surface area contributed by atoms with E-state index >= 15 is 0 Å². The molecule has 4 rings (SSSR count). The van der Waals surface area contributed by atoms with Gasteiger partial charge in [-0.15, -0.1) is 0 Å². The lowest BCUT2D eigenvalue weighted by atomic mass is 10.1. The zero-order valence-corrected chi connectivity index (χ0v) is 12.4. The maximum absolute atomic E-state index is 12.8. The molecule has 1 spiro atoms. The average molecular weight is 291 g/mol. The topological polar surface area (TPSA) is 32.3 Å². The summed E-state index contributed by atoms with van der Waals surface area (Å²) in [4.78, 5) is 14.8. The van der Waals surface area contributed by atoms with Gasteiger partial charge in [-0.3, -0.25) is 10.1 Å². The second-order valence-electron chi connectivity index (χ2n) is 6.47. The Bertz CT molecular complexity index is 565. The second kappa shape index (κ2) is 4.22. The molecule has 0 aromatic heterocycles. The van der Waals surface area contributed by atoms with Crippen LogP contribution in [0.1, 0.15) is 44.3 Å². The number of carbonyl (C=O) groups excluding carboxylic acids is 1. The molecular formula is C16H19ClN2O. The first-order chi connectivity index (χ1) is 9.61. The summed E-state index contributed by atoms with van der Waals surface area (Å²) < 4.78 is 0. The Kier molecular flexibility index (Phi) is 2.67. The molecule has 2 saturated carbocycles. The maximum atomic E-state index is 12.8. The van der Waals surface area contributed by atoms with Gasteiger partial charge in [-0.05, 0) is 56.2 Å². The van der Waals surface area contributed by atoms with E-state index in [-0.39, 0.29) is 11.7 Å². The van der Waals surface area contributed by atoms with Crippen molar-refractivity contribution in [2.45, 2.75) is 50.4 Å². The Morgan fingerprint density at radius 2 is 2.15 bits per heavy atom. The lowest BCUT2D eigenvalue weighted by Crippen LogP contribution is -2.40. The largest absolute Gasteiger partial charge is 0.318 e. The lowest BCUT2D eigenvalue weighted by Gasteiger charge is -2.30. The van der Waals surface area contributed by atoms with E-state index in [1.807, 2.05) is 18.2 Å². The predicted molar refractivity (Wildman–Crippen MR) is 78.3 cm³/mol. The molecule has 2 atom stereocenters. The van der Waals surface area contributed by atoms with Gasteiger partial charge in [0.2, 0.25) is 5.91 Å². The van der Waals surface area contributed by atoms with Crippen LogP contribution in [0.2, 0.25) is 5.02 Å². The molecule has 4 heteroatoms. The molecule has 1 aliphatic heterocycles. The van der Waals surface area contributed by atoms with E-state index in [9.17, 15) is 4.79 Å². The fourth-order valence-corrected chi connectivity index (χ4v) is 3.59. The van der Waals surface area contributed by atoms with Crippen molar-refractivity contribution in [1.29, 1.82) is 0 Å². The van der Waals surface area contributed by atoms with Gasteiger partial charge in [0, 0.05) is 11.1 Å². The summed E-state index contributed by atoms with van der Waals surface area (Å²) in [7, 11) is 0. The van der Waals surface area contributed by atoms with Gasteiger partial charge in [0.05, 0.1) is 0 Å². The molecule has 3 fully saturated rings. The van der Waals surface area contributed by atoms with Crippen molar-refractivity contribution in [1.82, 2.24) is 10.2 Å². The van der Waals surface area contributed by atoms with E-state index in [0.717, 1.165) is 23.4 Å². The van der Waals surface area contributed by atoms with Crippen LogP contribution in [0.15, 0.2) is 24.3 Å². The minimum atomic E-state index is -0.268. The van der Waals surface area contributed by atoms with Gasteiger partial charge in [-0.2, -0.15) is 0 Å². The van der Waals surface area contributed by atoms with Crippen molar-refractivity contribution >= 4 is 17.5 Å². The summed E-state index contributed by atoms with van der Waals surface area (Å²) >= 11 is 6.12. The smallest absolute Gasteiger partial charge is 0.244 e. The first-order valence-electron chi connectivity index (χ1n) is 7.47. The zero-order chi connectivity index (χ0) is 13.9. The average Bonchev–Trinajstić information content (AvgIpc) is 3.31. The van der Waals surface area contributed by atoms with Crippen LogP contribution in [-0.4, -0.2) is 22.4 Å². The van der Waals surface area contributed by atoms with Crippen LogP contribution >= 0.6 is 11.6 Å². The molecule has 0 bridgehead atoms. The fraction of sp³-hybridized carbons (Fsp3) is 0.562. The summed E-state index contributed by atoms with van der Waals surface area (Å²) in [6, 6.07) is 8.19. The molecule has 0 radical (unpaired) electrons. The van der Waals surface area contributed by atoms with Gasteiger partial charge < -0.3 is 4.90 Å².